The second-order valence-corrected chi connectivity index (χ2v) is 5.60. The Kier molecular flexibility index (Phi) is 3.92. The Bertz CT molecular complexity index is 738. The van der Waals surface area contributed by atoms with Crippen LogP contribution in [0.2, 0.25) is 0 Å². The molecule has 2 aromatic carbocycles. The average molecular weight is 294 g/mol. The van der Waals surface area contributed by atoms with E-state index in [2.05, 4.69) is 10.6 Å². The summed E-state index contributed by atoms with van der Waals surface area (Å²) in [6.07, 6.45) is 2.14. The topological polar surface area (TPSA) is 58.2 Å². The zero-order valence-corrected chi connectivity index (χ0v) is 12.5. The van der Waals surface area contributed by atoms with Crippen LogP contribution in [0.5, 0.6) is 0 Å². The fourth-order valence-corrected chi connectivity index (χ4v) is 2.64. The molecule has 0 unspecified atom stereocenters. The van der Waals surface area contributed by atoms with Crippen molar-refractivity contribution in [3.8, 4) is 0 Å². The summed E-state index contributed by atoms with van der Waals surface area (Å²) in [5.41, 5.74) is 4.32. The Balaban J connectivity index is 1.81. The maximum atomic E-state index is 12.4. The van der Waals surface area contributed by atoms with Gasteiger partial charge >= 0.3 is 0 Å². The molecule has 1 aliphatic heterocycles. The number of hydrogen-bond acceptors (Lipinski definition) is 2. The van der Waals surface area contributed by atoms with Crippen molar-refractivity contribution in [2.75, 3.05) is 10.6 Å². The molecule has 2 amide bonds. The van der Waals surface area contributed by atoms with Crippen LogP contribution < -0.4 is 10.6 Å². The lowest BCUT2D eigenvalue weighted by Gasteiger charge is -2.10. The average Bonchev–Trinajstić information content (AvgIpc) is 2.67. The van der Waals surface area contributed by atoms with E-state index in [-0.39, 0.29) is 11.8 Å². The second kappa shape index (κ2) is 6.02. The van der Waals surface area contributed by atoms with E-state index in [1.807, 2.05) is 43.3 Å². The van der Waals surface area contributed by atoms with Crippen LogP contribution in [-0.4, -0.2) is 11.8 Å². The predicted octanol–water partition coefficient (Wildman–Crippen LogP) is 3.52. The minimum Gasteiger partial charge on any atom is -0.326 e. The van der Waals surface area contributed by atoms with E-state index in [0.29, 0.717) is 12.0 Å². The SMILES string of the molecule is Cc1cccc(NC(=O)c2ccc3c(c2)CCCC(=O)N3)c1. The van der Waals surface area contributed by atoms with Gasteiger partial charge in [-0.1, -0.05) is 12.1 Å². The number of aryl methyl sites for hydroxylation is 2. The molecule has 0 bridgehead atoms. The zero-order valence-electron chi connectivity index (χ0n) is 12.5. The normalized spacial score (nSPS) is 13.8. The van der Waals surface area contributed by atoms with Crippen molar-refractivity contribution in [2.45, 2.75) is 26.2 Å². The molecule has 0 aliphatic carbocycles. The Morgan fingerprint density at radius 1 is 1.14 bits per heavy atom. The molecular formula is C18H18N2O2. The van der Waals surface area contributed by atoms with Crippen LogP contribution in [0.3, 0.4) is 0 Å². The summed E-state index contributed by atoms with van der Waals surface area (Å²) in [5, 5.41) is 5.78. The third kappa shape index (κ3) is 3.17. The summed E-state index contributed by atoms with van der Waals surface area (Å²) in [7, 11) is 0. The van der Waals surface area contributed by atoms with Crippen molar-refractivity contribution in [3.05, 3.63) is 59.2 Å². The minimum absolute atomic E-state index is 0.0377. The van der Waals surface area contributed by atoms with Crippen LogP contribution in [0, 0.1) is 6.92 Å². The third-order valence-corrected chi connectivity index (χ3v) is 3.77. The molecule has 0 radical (unpaired) electrons. The molecule has 1 aliphatic rings. The van der Waals surface area contributed by atoms with Gasteiger partial charge in [0, 0.05) is 23.4 Å². The molecular weight excluding hydrogens is 276 g/mol. The van der Waals surface area contributed by atoms with Crippen LogP contribution >= 0.6 is 0 Å². The molecule has 4 heteroatoms. The molecule has 0 saturated carbocycles. The summed E-state index contributed by atoms with van der Waals surface area (Å²) in [6, 6.07) is 13.1. The van der Waals surface area contributed by atoms with Gasteiger partial charge in [-0.05, 0) is 61.2 Å². The molecule has 4 nitrogen and oxygen atoms in total. The second-order valence-electron chi connectivity index (χ2n) is 5.60. The van der Waals surface area contributed by atoms with Gasteiger partial charge in [0.2, 0.25) is 5.91 Å². The lowest BCUT2D eigenvalue weighted by atomic mass is 10.0. The molecule has 2 N–H and O–H groups in total. The number of benzene rings is 2. The van der Waals surface area contributed by atoms with E-state index in [0.717, 1.165) is 35.3 Å². The lowest BCUT2D eigenvalue weighted by Crippen LogP contribution is -2.13. The van der Waals surface area contributed by atoms with Gasteiger partial charge in [-0.3, -0.25) is 9.59 Å². The molecule has 22 heavy (non-hydrogen) atoms. The highest BCUT2D eigenvalue weighted by Crippen LogP contribution is 2.23. The van der Waals surface area contributed by atoms with Gasteiger partial charge in [0.25, 0.3) is 5.91 Å². The third-order valence-electron chi connectivity index (χ3n) is 3.77. The lowest BCUT2D eigenvalue weighted by molar-refractivity contribution is -0.116. The number of rotatable bonds is 2. The first-order valence-electron chi connectivity index (χ1n) is 7.42. The number of carbonyl (C=O) groups is 2. The van der Waals surface area contributed by atoms with Crippen LogP contribution in [-0.2, 0) is 11.2 Å². The number of amides is 2. The van der Waals surface area contributed by atoms with Crippen molar-refractivity contribution in [2.24, 2.45) is 0 Å². The first kappa shape index (κ1) is 14.3. The Morgan fingerprint density at radius 3 is 2.82 bits per heavy atom. The molecule has 0 atom stereocenters. The predicted molar refractivity (Wildman–Crippen MR) is 87.1 cm³/mol. The number of fused-ring (bicyclic) bond motifs is 1. The monoisotopic (exact) mass is 294 g/mol. The van der Waals surface area contributed by atoms with Crippen molar-refractivity contribution >= 4 is 23.2 Å². The van der Waals surface area contributed by atoms with Gasteiger partial charge in [-0.15, -0.1) is 0 Å². The van der Waals surface area contributed by atoms with Gasteiger partial charge < -0.3 is 10.6 Å². The van der Waals surface area contributed by atoms with Crippen molar-refractivity contribution in [1.82, 2.24) is 0 Å². The first-order valence-corrected chi connectivity index (χ1v) is 7.42. The molecule has 0 aromatic heterocycles. The Morgan fingerprint density at radius 2 is 2.00 bits per heavy atom. The van der Waals surface area contributed by atoms with Gasteiger partial charge in [0.15, 0.2) is 0 Å². The summed E-state index contributed by atoms with van der Waals surface area (Å²) in [5.74, 6) is -0.0975. The highest BCUT2D eigenvalue weighted by Gasteiger charge is 2.15. The first-order chi connectivity index (χ1) is 10.6. The van der Waals surface area contributed by atoms with Crippen molar-refractivity contribution in [1.29, 1.82) is 0 Å². The molecule has 0 spiro atoms. The number of carbonyl (C=O) groups excluding carboxylic acids is 2. The van der Waals surface area contributed by atoms with Gasteiger partial charge in [0.1, 0.15) is 0 Å². The quantitative estimate of drug-likeness (QED) is 0.890. The number of anilines is 2. The van der Waals surface area contributed by atoms with Crippen LogP contribution in [0.4, 0.5) is 11.4 Å². The molecule has 1 heterocycles. The van der Waals surface area contributed by atoms with E-state index in [1.54, 1.807) is 6.07 Å². The zero-order chi connectivity index (χ0) is 15.5. The van der Waals surface area contributed by atoms with Crippen LogP contribution in [0.1, 0.15) is 34.3 Å². The summed E-state index contributed by atoms with van der Waals surface area (Å²) in [6.45, 7) is 1.99. The minimum atomic E-state index is -0.135. The Hall–Kier alpha value is -2.62. The number of hydrogen-bond donors (Lipinski definition) is 2. The van der Waals surface area contributed by atoms with Gasteiger partial charge in [0.05, 0.1) is 0 Å². The standard InChI is InChI=1S/C18H18N2O2/c1-12-4-2-6-15(10-12)19-18(22)14-8-9-16-13(11-14)5-3-7-17(21)20-16/h2,4,6,8-11H,3,5,7H2,1H3,(H,19,22)(H,20,21). The van der Waals surface area contributed by atoms with E-state index in [9.17, 15) is 9.59 Å². The fourth-order valence-electron chi connectivity index (χ4n) is 2.64. The molecule has 112 valence electrons. The van der Waals surface area contributed by atoms with E-state index >= 15 is 0 Å². The van der Waals surface area contributed by atoms with Crippen molar-refractivity contribution < 1.29 is 9.59 Å². The summed E-state index contributed by atoms with van der Waals surface area (Å²) >= 11 is 0. The van der Waals surface area contributed by atoms with E-state index < -0.39 is 0 Å². The molecule has 0 fully saturated rings. The van der Waals surface area contributed by atoms with E-state index in [1.165, 1.54) is 0 Å². The highest BCUT2D eigenvalue weighted by atomic mass is 16.2. The van der Waals surface area contributed by atoms with Crippen LogP contribution in [0.15, 0.2) is 42.5 Å². The smallest absolute Gasteiger partial charge is 0.255 e. The van der Waals surface area contributed by atoms with Crippen molar-refractivity contribution in [3.63, 3.8) is 0 Å². The highest BCUT2D eigenvalue weighted by molar-refractivity contribution is 6.05. The molecule has 2 aromatic rings. The fraction of sp³-hybridized carbons (Fsp3) is 0.222. The Labute approximate surface area is 129 Å². The van der Waals surface area contributed by atoms with E-state index in [4.69, 9.17) is 0 Å². The van der Waals surface area contributed by atoms with Crippen LogP contribution in [0.25, 0.3) is 0 Å². The maximum absolute atomic E-state index is 12.4. The summed E-state index contributed by atoms with van der Waals surface area (Å²) < 4.78 is 0. The number of nitrogens with one attached hydrogen (secondary N) is 2. The maximum Gasteiger partial charge on any atom is 0.255 e. The van der Waals surface area contributed by atoms with Gasteiger partial charge in [-0.25, -0.2) is 0 Å². The molecule has 0 saturated heterocycles. The largest absolute Gasteiger partial charge is 0.326 e. The van der Waals surface area contributed by atoms with Gasteiger partial charge in [-0.2, -0.15) is 0 Å². The summed E-state index contributed by atoms with van der Waals surface area (Å²) in [4.78, 5) is 23.9. The molecule has 3 rings (SSSR count).